The summed E-state index contributed by atoms with van der Waals surface area (Å²) in [4.78, 5) is 22.1. The maximum atomic E-state index is 13.1. The third kappa shape index (κ3) is 3.61. The lowest BCUT2D eigenvalue weighted by Gasteiger charge is -2.42. The second-order valence-corrected chi connectivity index (χ2v) is 7.64. The molecule has 2 heterocycles. The molecule has 0 radical (unpaired) electrons. The predicted octanol–water partition coefficient (Wildman–Crippen LogP) is 3.11. The summed E-state index contributed by atoms with van der Waals surface area (Å²) in [7, 11) is 1.64. The number of aryl methyl sites for hydroxylation is 1. The molecular weight excluding hydrogens is 314 g/mol. The Morgan fingerprint density at radius 1 is 1.12 bits per heavy atom. The number of pyridine rings is 1. The van der Waals surface area contributed by atoms with Crippen molar-refractivity contribution in [1.29, 1.82) is 0 Å². The highest BCUT2D eigenvalue weighted by atomic mass is 16.5. The van der Waals surface area contributed by atoms with Gasteiger partial charge in [-0.15, -0.1) is 0 Å². The zero-order chi connectivity index (χ0) is 18.2. The molecule has 0 aliphatic carbocycles. The van der Waals surface area contributed by atoms with Crippen LogP contribution < -0.4 is 4.74 Å². The molecule has 25 heavy (non-hydrogen) atoms. The summed E-state index contributed by atoms with van der Waals surface area (Å²) in [6, 6.07) is 7.59. The maximum absolute atomic E-state index is 13.1. The van der Waals surface area contributed by atoms with Crippen molar-refractivity contribution in [1.82, 2.24) is 14.8 Å². The molecule has 0 spiro atoms. The zero-order valence-electron chi connectivity index (χ0n) is 15.8. The molecule has 1 aliphatic rings. The first-order chi connectivity index (χ1) is 11.8. The summed E-state index contributed by atoms with van der Waals surface area (Å²) in [6.07, 6.45) is 0. The summed E-state index contributed by atoms with van der Waals surface area (Å²) in [5, 5.41) is 0.884. The molecule has 0 bridgehead atoms. The van der Waals surface area contributed by atoms with E-state index in [9.17, 15) is 4.79 Å². The highest BCUT2D eigenvalue weighted by molar-refractivity contribution is 6.06. The standard InChI is InChI=1S/C20H27N3O2/c1-14-12-17(16-7-6-15(25-5)13-18(16)21-14)19(24)22-8-10-23(11-9-22)20(2,3)4/h6-7,12-13H,8-11H2,1-5H3. The lowest BCUT2D eigenvalue weighted by molar-refractivity contribution is 0.0452. The van der Waals surface area contributed by atoms with Crippen LogP contribution in [0.2, 0.25) is 0 Å². The topological polar surface area (TPSA) is 45.7 Å². The molecule has 0 unspecified atom stereocenters. The van der Waals surface area contributed by atoms with Crippen LogP contribution >= 0.6 is 0 Å². The van der Waals surface area contributed by atoms with Crippen molar-refractivity contribution in [2.75, 3.05) is 33.3 Å². The number of ether oxygens (including phenoxy) is 1. The second-order valence-electron chi connectivity index (χ2n) is 7.64. The average molecular weight is 341 g/mol. The molecule has 134 valence electrons. The highest BCUT2D eigenvalue weighted by Gasteiger charge is 2.29. The third-order valence-electron chi connectivity index (χ3n) is 4.89. The van der Waals surface area contributed by atoms with E-state index in [-0.39, 0.29) is 11.4 Å². The van der Waals surface area contributed by atoms with Gasteiger partial charge in [-0.3, -0.25) is 14.7 Å². The summed E-state index contributed by atoms with van der Waals surface area (Å²) in [5.74, 6) is 0.844. The quantitative estimate of drug-likeness (QED) is 0.842. The van der Waals surface area contributed by atoms with Gasteiger partial charge in [0.1, 0.15) is 5.75 Å². The Kier molecular flexibility index (Phi) is 4.69. The van der Waals surface area contributed by atoms with Crippen LogP contribution in [0, 0.1) is 6.92 Å². The molecule has 1 aromatic heterocycles. The Morgan fingerprint density at radius 3 is 2.40 bits per heavy atom. The van der Waals surface area contributed by atoms with Crippen molar-refractivity contribution in [2.45, 2.75) is 33.2 Å². The number of nitrogens with zero attached hydrogens (tertiary/aromatic N) is 3. The molecule has 1 aromatic carbocycles. The molecule has 0 atom stereocenters. The van der Waals surface area contributed by atoms with Gasteiger partial charge in [0, 0.05) is 48.9 Å². The van der Waals surface area contributed by atoms with E-state index >= 15 is 0 Å². The van der Waals surface area contributed by atoms with Gasteiger partial charge in [0.25, 0.3) is 5.91 Å². The van der Waals surface area contributed by atoms with Crippen molar-refractivity contribution in [3.8, 4) is 5.75 Å². The minimum absolute atomic E-state index is 0.0919. The number of amides is 1. The van der Waals surface area contributed by atoms with E-state index in [2.05, 4.69) is 30.7 Å². The number of fused-ring (bicyclic) bond motifs is 1. The van der Waals surface area contributed by atoms with E-state index in [0.717, 1.165) is 54.1 Å². The summed E-state index contributed by atoms with van der Waals surface area (Å²) < 4.78 is 5.28. The van der Waals surface area contributed by atoms with Crippen molar-refractivity contribution >= 4 is 16.8 Å². The summed E-state index contributed by atoms with van der Waals surface area (Å²) in [6.45, 7) is 11.9. The smallest absolute Gasteiger partial charge is 0.254 e. The number of piperazine rings is 1. The van der Waals surface area contributed by atoms with E-state index in [4.69, 9.17) is 4.74 Å². The fourth-order valence-electron chi connectivity index (χ4n) is 3.40. The van der Waals surface area contributed by atoms with Crippen molar-refractivity contribution < 1.29 is 9.53 Å². The fourth-order valence-corrected chi connectivity index (χ4v) is 3.40. The van der Waals surface area contributed by atoms with Gasteiger partial charge in [-0.1, -0.05) is 0 Å². The van der Waals surface area contributed by atoms with Gasteiger partial charge in [-0.2, -0.15) is 0 Å². The Hall–Kier alpha value is -2.14. The zero-order valence-corrected chi connectivity index (χ0v) is 15.8. The number of benzene rings is 1. The van der Waals surface area contributed by atoms with Gasteiger partial charge in [-0.05, 0) is 45.9 Å². The Labute approximate surface area is 149 Å². The molecule has 0 saturated carbocycles. The number of carbonyl (C=O) groups is 1. The molecule has 1 aliphatic heterocycles. The molecular formula is C20H27N3O2. The van der Waals surface area contributed by atoms with E-state index in [1.165, 1.54) is 0 Å². The molecule has 1 fully saturated rings. The van der Waals surface area contributed by atoms with E-state index in [0.29, 0.717) is 0 Å². The number of carbonyl (C=O) groups excluding carboxylic acids is 1. The van der Waals surface area contributed by atoms with Gasteiger partial charge in [-0.25, -0.2) is 0 Å². The molecule has 1 amide bonds. The van der Waals surface area contributed by atoms with Crippen LogP contribution in [0.25, 0.3) is 10.9 Å². The lowest BCUT2D eigenvalue weighted by atomic mass is 10.0. The Morgan fingerprint density at radius 2 is 1.80 bits per heavy atom. The number of hydrogen-bond donors (Lipinski definition) is 0. The highest BCUT2D eigenvalue weighted by Crippen LogP contribution is 2.25. The lowest BCUT2D eigenvalue weighted by Crippen LogP contribution is -2.54. The molecule has 3 rings (SSSR count). The van der Waals surface area contributed by atoms with Crippen LogP contribution in [-0.2, 0) is 0 Å². The van der Waals surface area contributed by atoms with Crippen molar-refractivity contribution in [3.63, 3.8) is 0 Å². The van der Waals surface area contributed by atoms with Crippen molar-refractivity contribution in [2.24, 2.45) is 0 Å². The van der Waals surface area contributed by atoms with Crippen LogP contribution in [0.1, 0.15) is 36.8 Å². The van der Waals surface area contributed by atoms with Crippen LogP contribution in [-0.4, -0.2) is 59.5 Å². The summed E-state index contributed by atoms with van der Waals surface area (Å²) >= 11 is 0. The normalized spacial score (nSPS) is 16.3. The third-order valence-corrected chi connectivity index (χ3v) is 4.89. The number of rotatable bonds is 2. The monoisotopic (exact) mass is 341 g/mol. The first-order valence-corrected chi connectivity index (χ1v) is 8.79. The Bertz CT molecular complexity index is 787. The first kappa shape index (κ1) is 17.7. The van der Waals surface area contributed by atoms with Gasteiger partial charge in [0.05, 0.1) is 18.2 Å². The molecule has 5 heteroatoms. The molecule has 5 nitrogen and oxygen atoms in total. The fraction of sp³-hybridized carbons (Fsp3) is 0.500. The molecule has 2 aromatic rings. The molecule has 1 saturated heterocycles. The van der Waals surface area contributed by atoms with E-state index in [1.54, 1.807) is 7.11 Å². The first-order valence-electron chi connectivity index (χ1n) is 8.79. The number of hydrogen-bond acceptors (Lipinski definition) is 4. The van der Waals surface area contributed by atoms with Crippen LogP contribution in [0.3, 0.4) is 0 Å². The van der Waals surface area contributed by atoms with Crippen LogP contribution in [0.15, 0.2) is 24.3 Å². The number of aromatic nitrogens is 1. The molecule has 0 N–H and O–H groups in total. The minimum Gasteiger partial charge on any atom is -0.497 e. The van der Waals surface area contributed by atoms with Gasteiger partial charge < -0.3 is 9.64 Å². The van der Waals surface area contributed by atoms with Crippen molar-refractivity contribution in [3.05, 3.63) is 35.5 Å². The van der Waals surface area contributed by atoms with E-state index in [1.807, 2.05) is 36.1 Å². The van der Waals surface area contributed by atoms with Gasteiger partial charge in [0.2, 0.25) is 0 Å². The SMILES string of the molecule is COc1ccc2c(C(=O)N3CCN(C(C)(C)C)CC3)cc(C)nc2c1. The van der Waals surface area contributed by atoms with Gasteiger partial charge in [0.15, 0.2) is 0 Å². The van der Waals surface area contributed by atoms with E-state index < -0.39 is 0 Å². The second kappa shape index (κ2) is 6.64. The largest absolute Gasteiger partial charge is 0.497 e. The predicted molar refractivity (Wildman–Crippen MR) is 100 cm³/mol. The maximum Gasteiger partial charge on any atom is 0.254 e. The van der Waals surface area contributed by atoms with Gasteiger partial charge >= 0.3 is 0 Å². The van der Waals surface area contributed by atoms with Crippen LogP contribution in [0.5, 0.6) is 5.75 Å². The minimum atomic E-state index is 0.0919. The summed E-state index contributed by atoms with van der Waals surface area (Å²) in [5.41, 5.74) is 2.52. The number of methoxy groups -OCH3 is 1. The average Bonchev–Trinajstić information content (AvgIpc) is 2.59. The Balaban J connectivity index is 1.88. The van der Waals surface area contributed by atoms with Crippen LogP contribution in [0.4, 0.5) is 0 Å².